The zero-order valence-corrected chi connectivity index (χ0v) is 9.51. The van der Waals surface area contributed by atoms with Crippen LogP contribution in [0.4, 0.5) is 23.2 Å². The quantitative estimate of drug-likeness (QED) is 0.823. The zero-order chi connectivity index (χ0) is 13.9. The summed E-state index contributed by atoms with van der Waals surface area (Å²) in [6.07, 6.45) is -4.59. The number of amides is 1. The second-order valence-electron chi connectivity index (χ2n) is 3.82. The Morgan fingerprint density at radius 1 is 1.44 bits per heavy atom. The van der Waals surface area contributed by atoms with Gasteiger partial charge in [0, 0.05) is 12.5 Å². The van der Waals surface area contributed by atoms with Gasteiger partial charge < -0.3 is 11.1 Å². The van der Waals surface area contributed by atoms with Crippen LogP contribution in [0.5, 0.6) is 0 Å². The fourth-order valence-electron chi connectivity index (χ4n) is 1.16. The molecule has 0 aliphatic rings. The van der Waals surface area contributed by atoms with Gasteiger partial charge in [0.05, 0.1) is 11.3 Å². The van der Waals surface area contributed by atoms with E-state index in [1.165, 1.54) is 6.92 Å². The van der Waals surface area contributed by atoms with Crippen molar-refractivity contribution in [2.24, 2.45) is 11.7 Å². The largest absolute Gasteiger partial charge is 0.416 e. The number of benzene rings is 1. The molecule has 1 amide bonds. The molecule has 3 N–H and O–H groups in total. The number of carbonyl (C=O) groups is 1. The van der Waals surface area contributed by atoms with Crippen molar-refractivity contribution < 1.29 is 22.4 Å². The van der Waals surface area contributed by atoms with E-state index in [9.17, 15) is 22.4 Å². The molecule has 18 heavy (non-hydrogen) atoms. The van der Waals surface area contributed by atoms with Crippen molar-refractivity contribution in [3.8, 4) is 0 Å². The Morgan fingerprint density at radius 3 is 2.56 bits per heavy atom. The van der Waals surface area contributed by atoms with Crippen molar-refractivity contribution in [2.75, 3.05) is 11.9 Å². The van der Waals surface area contributed by atoms with Gasteiger partial charge in [-0.05, 0) is 18.2 Å². The minimum atomic E-state index is -4.59. The van der Waals surface area contributed by atoms with E-state index in [0.717, 1.165) is 0 Å². The van der Waals surface area contributed by atoms with Gasteiger partial charge in [0.15, 0.2) is 0 Å². The SMILES string of the molecule is CC(CN)C(=O)Nc1cc(C(F)(F)F)ccc1F. The summed E-state index contributed by atoms with van der Waals surface area (Å²) >= 11 is 0. The first kappa shape index (κ1) is 14.4. The summed E-state index contributed by atoms with van der Waals surface area (Å²) in [5, 5.41) is 2.08. The summed E-state index contributed by atoms with van der Waals surface area (Å²) in [5.74, 6) is -2.17. The van der Waals surface area contributed by atoms with Crippen LogP contribution in [0, 0.1) is 11.7 Å². The van der Waals surface area contributed by atoms with Crippen LogP contribution >= 0.6 is 0 Å². The third-order valence-electron chi connectivity index (χ3n) is 2.35. The summed E-state index contributed by atoms with van der Waals surface area (Å²) in [6.45, 7) is 1.51. The van der Waals surface area contributed by atoms with Gasteiger partial charge in [0.25, 0.3) is 0 Å². The molecule has 7 heteroatoms. The van der Waals surface area contributed by atoms with Gasteiger partial charge in [-0.3, -0.25) is 4.79 Å². The van der Waals surface area contributed by atoms with Gasteiger partial charge in [-0.25, -0.2) is 4.39 Å². The van der Waals surface area contributed by atoms with Crippen LogP contribution in [-0.4, -0.2) is 12.5 Å². The molecule has 0 heterocycles. The highest BCUT2D eigenvalue weighted by molar-refractivity contribution is 5.92. The van der Waals surface area contributed by atoms with E-state index in [2.05, 4.69) is 5.32 Å². The molecule has 1 unspecified atom stereocenters. The molecular weight excluding hydrogens is 252 g/mol. The molecule has 0 fully saturated rings. The molecule has 1 rings (SSSR count). The first-order chi connectivity index (χ1) is 8.25. The predicted molar refractivity (Wildman–Crippen MR) is 58.3 cm³/mol. The third-order valence-corrected chi connectivity index (χ3v) is 2.35. The molecular formula is C11H12F4N2O. The van der Waals surface area contributed by atoms with E-state index >= 15 is 0 Å². The molecule has 1 aromatic carbocycles. The number of alkyl halides is 3. The fourth-order valence-corrected chi connectivity index (χ4v) is 1.16. The Balaban J connectivity index is 2.99. The number of rotatable bonds is 3. The first-order valence-corrected chi connectivity index (χ1v) is 5.13. The van der Waals surface area contributed by atoms with Crippen molar-refractivity contribution in [2.45, 2.75) is 13.1 Å². The summed E-state index contributed by atoms with van der Waals surface area (Å²) in [6, 6.07) is 1.82. The third kappa shape index (κ3) is 3.43. The van der Waals surface area contributed by atoms with Crippen LogP contribution in [-0.2, 0) is 11.0 Å². The lowest BCUT2D eigenvalue weighted by atomic mass is 10.1. The van der Waals surface area contributed by atoms with Gasteiger partial charge in [0.1, 0.15) is 5.82 Å². The minimum Gasteiger partial charge on any atom is -0.330 e. The van der Waals surface area contributed by atoms with Gasteiger partial charge in [-0.2, -0.15) is 13.2 Å². The Hall–Kier alpha value is -1.63. The maximum Gasteiger partial charge on any atom is 0.416 e. The van der Waals surface area contributed by atoms with E-state index in [-0.39, 0.29) is 6.54 Å². The van der Waals surface area contributed by atoms with E-state index in [1.54, 1.807) is 0 Å². The molecule has 0 spiro atoms. The topological polar surface area (TPSA) is 55.1 Å². The van der Waals surface area contributed by atoms with Gasteiger partial charge in [-0.15, -0.1) is 0 Å². The number of nitrogens with two attached hydrogens (primary N) is 1. The molecule has 3 nitrogen and oxygen atoms in total. The molecule has 0 saturated carbocycles. The summed E-state index contributed by atoms with van der Waals surface area (Å²) in [4.78, 5) is 11.4. The molecule has 0 aliphatic carbocycles. The lowest BCUT2D eigenvalue weighted by Gasteiger charge is -2.13. The van der Waals surface area contributed by atoms with Gasteiger partial charge in [-0.1, -0.05) is 6.92 Å². The highest BCUT2D eigenvalue weighted by Gasteiger charge is 2.31. The molecule has 0 aromatic heterocycles. The first-order valence-electron chi connectivity index (χ1n) is 5.13. The molecule has 1 aromatic rings. The van der Waals surface area contributed by atoms with Gasteiger partial charge >= 0.3 is 6.18 Å². The molecule has 100 valence electrons. The monoisotopic (exact) mass is 264 g/mol. The highest BCUT2D eigenvalue weighted by atomic mass is 19.4. The maximum atomic E-state index is 13.3. The summed E-state index contributed by atoms with van der Waals surface area (Å²) in [7, 11) is 0. The second kappa shape index (κ2) is 5.34. The van der Waals surface area contributed by atoms with E-state index in [4.69, 9.17) is 5.73 Å². The molecule has 1 atom stereocenters. The number of hydrogen-bond acceptors (Lipinski definition) is 2. The Bertz CT molecular complexity index is 445. The second-order valence-corrected chi connectivity index (χ2v) is 3.82. The van der Waals surface area contributed by atoms with Crippen LogP contribution in [0.25, 0.3) is 0 Å². The number of carbonyl (C=O) groups excluding carboxylic acids is 1. The fraction of sp³-hybridized carbons (Fsp3) is 0.364. The Labute approximate surface area is 101 Å². The number of nitrogens with one attached hydrogen (secondary N) is 1. The molecule has 0 radical (unpaired) electrons. The number of anilines is 1. The van der Waals surface area contributed by atoms with Crippen LogP contribution in [0.1, 0.15) is 12.5 Å². The van der Waals surface area contributed by atoms with E-state index in [0.29, 0.717) is 18.2 Å². The van der Waals surface area contributed by atoms with Crippen molar-refractivity contribution in [1.82, 2.24) is 0 Å². The lowest BCUT2D eigenvalue weighted by molar-refractivity contribution is -0.137. The average molecular weight is 264 g/mol. The normalized spacial score (nSPS) is 13.2. The summed E-state index contributed by atoms with van der Waals surface area (Å²) in [5.41, 5.74) is 3.70. The smallest absolute Gasteiger partial charge is 0.330 e. The average Bonchev–Trinajstić information content (AvgIpc) is 2.29. The number of hydrogen-bond donors (Lipinski definition) is 2. The van der Waals surface area contributed by atoms with Crippen molar-refractivity contribution in [3.05, 3.63) is 29.6 Å². The Morgan fingerprint density at radius 2 is 2.06 bits per heavy atom. The zero-order valence-electron chi connectivity index (χ0n) is 9.51. The molecule has 0 aliphatic heterocycles. The molecule has 0 saturated heterocycles. The van der Waals surface area contributed by atoms with E-state index in [1.807, 2.05) is 0 Å². The van der Waals surface area contributed by atoms with Crippen molar-refractivity contribution in [1.29, 1.82) is 0 Å². The highest BCUT2D eigenvalue weighted by Crippen LogP contribution is 2.31. The van der Waals surface area contributed by atoms with Crippen LogP contribution in [0.15, 0.2) is 18.2 Å². The van der Waals surface area contributed by atoms with Crippen LogP contribution in [0.2, 0.25) is 0 Å². The molecule has 0 bridgehead atoms. The standard InChI is InChI=1S/C11H12F4N2O/c1-6(5-16)10(18)17-9-4-7(11(13,14)15)2-3-8(9)12/h2-4,6H,5,16H2,1H3,(H,17,18). The lowest BCUT2D eigenvalue weighted by Crippen LogP contribution is -2.27. The maximum absolute atomic E-state index is 13.3. The van der Waals surface area contributed by atoms with Crippen LogP contribution in [0.3, 0.4) is 0 Å². The van der Waals surface area contributed by atoms with E-state index < -0.39 is 35.1 Å². The van der Waals surface area contributed by atoms with Crippen LogP contribution < -0.4 is 11.1 Å². The minimum absolute atomic E-state index is 0.0203. The Kier molecular flexibility index (Phi) is 4.28. The summed E-state index contributed by atoms with van der Waals surface area (Å²) < 4.78 is 50.5. The van der Waals surface area contributed by atoms with Gasteiger partial charge in [0.2, 0.25) is 5.91 Å². The number of halogens is 4. The predicted octanol–water partition coefficient (Wildman–Crippen LogP) is 2.38. The van der Waals surface area contributed by atoms with Crippen molar-refractivity contribution in [3.63, 3.8) is 0 Å². The van der Waals surface area contributed by atoms with Crippen molar-refractivity contribution >= 4 is 11.6 Å².